The van der Waals surface area contributed by atoms with Gasteiger partial charge in [0.1, 0.15) is 10.5 Å². The maximum Gasteiger partial charge on any atom is 0.164 e. The van der Waals surface area contributed by atoms with Crippen LogP contribution in [0.15, 0.2) is 24.3 Å². The highest BCUT2D eigenvalue weighted by Gasteiger charge is 2.50. The lowest BCUT2D eigenvalue weighted by atomic mass is 9.96. The Morgan fingerprint density at radius 3 is 2.37 bits per heavy atom. The first-order chi connectivity index (χ1) is 9.05. The Morgan fingerprint density at radius 1 is 1.32 bits per heavy atom. The molecule has 1 saturated heterocycles. The zero-order valence-electron chi connectivity index (χ0n) is 10.8. The van der Waals surface area contributed by atoms with Gasteiger partial charge in [-0.2, -0.15) is 0 Å². The van der Waals surface area contributed by atoms with E-state index in [0.29, 0.717) is 6.61 Å². The molecule has 4 nitrogen and oxygen atoms in total. The zero-order valence-corrected chi connectivity index (χ0v) is 13.2. The Bertz CT molecular complexity index is 520. The molecule has 0 unspecified atom stereocenters. The third-order valence-electron chi connectivity index (χ3n) is 3.37. The van der Waals surface area contributed by atoms with Gasteiger partial charge in [0.05, 0.1) is 19.8 Å². The van der Waals surface area contributed by atoms with Crippen molar-refractivity contribution in [3.63, 3.8) is 0 Å². The fourth-order valence-corrected chi connectivity index (χ4v) is 3.84. The van der Waals surface area contributed by atoms with Crippen molar-refractivity contribution in [3.8, 4) is 5.75 Å². The number of alkyl halides is 1. The molecule has 1 aromatic carbocycles. The summed E-state index contributed by atoms with van der Waals surface area (Å²) in [6.45, 7) is 2.74. The molecule has 1 aromatic rings. The first kappa shape index (κ1) is 14.8. The molecule has 1 aliphatic rings. The van der Waals surface area contributed by atoms with E-state index in [-0.39, 0.29) is 19.0 Å². The molecule has 0 bridgehead atoms. The minimum absolute atomic E-state index is 0.123. The van der Waals surface area contributed by atoms with Crippen LogP contribution in [-0.2, 0) is 19.3 Å². The lowest BCUT2D eigenvalue weighted by Crippen LogP contribution is -2.53. The van der Waals surface area contributed by atoms with Gasteiger partial charge in [0, 0.05) is 11.1 Å². The molecule has 0 amide bonds. The number of rotatable bonds is 6. The van der Waals surface area contributed by atoms with Crippen LogP contribution in [-0.4, -0.2) is 39.3 Å². The van der Waals surface area contributed by atoms with Crippen molar-refractivity contribution < 1.29 is 17.9 Å². The highest BCUT2D eigenvalue weighted by atomic mass is 79.9. The lowest BCUT2D eigenvalue weighted by molar-refractivity contribution is -0.0158. The van der Waals surface area contributed by atoms with E-state index in [1.165, 1.54) is 0 Å². The Labute approximate surface area is 122 Å². The van der Waals surface area contributed by atoms with Gasteiger partial charge in [0.25, 0.3) is 0 Å². The first-order valence-corrected chi connectivity index (χ1v) is 8.92. The molecular weight excluding hydrogens is 332 g/mol. The molecule has 0 radical (unpaired) electrons. The summed E-state index contributed by atoms with van der Waals surface area (Å²) in [6, 6.07) is 7.26. The first-order valence-electron chi connectivity index (χ1n) is 6.15. The zero-order chi connectivity index (χ0) is 13.9. The molecule has 1 fully saturated rings. The summed E-state index contributed by atoms with van der Waals surface area (Å²) in [5.74, 6) is 0.866. The second-order valence-electron chi connectivity index (χ2n) is 4.45. The van der Waals surface area contributed by atoms with Gasteiger partial charge >= 0.3 is 0 Å². The van der Waals surface area contributed by atoms with Crippen LogP contribution in [0.25, 0.3) is 0 Å². The van der Waals surface area contributed by atoms with E-state index in [4.69, 9.17) is 9.47 Å². The summed E-state index contributed by atoms with van der Waals surface area (Å²) in [7, 11) is -3.18. The van der Waals surface area contributed by atoms with Crippen LogP contribution < -0.4 is 4.74 Å². The van der Waals surface area contributed by atoms with Gasteiger partial charge in [-0.1, -0.05) is 35.0 Å². The lowest BCUT2D eigenvalue weighted by Gasteiger charge is -2.40. The smallest absolute Gasteiger partial charge is 0.164 e. The Hall–Kier alpha value is -0.590. The molecule has 0 aliphatic carbocycles. The molecule has 0 saturated carbocycles. The molecule has 19 heavy (non-hydrogen) atoms. The summed E-state index contributed by atoms with van der Waals surface area (Å²) in [5.41, 5.74) is 0.784. The molecule has 0 N–H and O–H groups in total. The van der Waals surface area contributed by atoms with Gasteiger partial charge in [0.15, 0.2) is 9.84 Å². The molecular formula is C13H17BrO4S. The molecule has 1 heterocycles. The van der Waals surface area contributed by atoms with Crippen molar-refractivity contribution in [2.24, 2.45) is 0 Å². The second kappa shape index (κ2) is 5.81. The SMILES string of the molecule is CCS(=O)(=O)C1(c2ccc(OCCBr)cc2)COC1. The summed E-state index contributed by atoms with van der Waals surface area (Å²) in [4.78, 5) is 0. The topological polar surface area (TPSA) is 52.6 Å². The normalized spacial score (nSPS) is 17.8. The molecule has 2 rings (SSSR count). The van der Waals surface area contributed by atoms with Crippen LogP contribution in [0.4, 0.5) is 0 Å². The van der Waals surface area contributed by atoms with Gasteiger partial charge < -0.3 is 9.47 Å². The third kappa shape index (κ3) is 2.66. The van der Waals surface area contributed by atoms with Gasteiger partial charge in [-0.05, 0) is 17.7 Å². The molecule has 1 aliphatic heterocycles. The van der Waals surface area contributed by atoms with Crippen molar-refractivity contribution in [2.45, 2.75) is 11.7 Å². The monoisotopic (exact) mass is 348 g/mol. The average molecular weight is 349 g/mol. The van der Waals surface area contributed by atoms with Gasteiger partial charge in [-0.3, -0.25) is 0 Å². The van der Waals surface area contributed by atoms with E-state index in [9.17, 15) is 8.42 Å². The van der Waals surface area contributed by atoms with E-state index in [2.05, 4.69) is 15.9 Å². The van der Waals surface area contributed by atoms with E-state index < -0.39 is 14.6 Å². The Kier molecular flexibility index (Phi) is 4.53. The van der Waals surface area contributed by atoms with Crippen molar-refractivity contribution >= 4 is 25.8 Å². The summed E-state index contributed by atoms with van der Waals surface area (Å²) >= 11 is 3.29. The number of benzene rings is 1. The van der Waals surface area contributed by atoms with Gasteiger partial charge in [0.2, 0.25) is 0 Å². The minimum Gasteiger partial charge on any atom is -0.493 e. The Morgan fingerprint density at radius 2 is 1.95 bits per heavy atom. The predicted molar refractivity (Wildman–Crippen MR) is 77.7 cm³/mol. The number of ether oxygens (including phenoxy) is 2. The molecule has 0 atom stereocenters. The average Bonchev–Trinajstić information content (AvgIpc) is 2.36. The molecule has 106 valence electrons. The molecule has 6 heteroatoms. The van der Waals surface area contributed by atoms with Crippen molar-refractivity contribution in [2.75, 3.05) is 30.9 Å². The molecule has 0 spiro atoms. The molecule has 0 aromatic heterocycles. The summed E-state index contributed by atoms with van der Waals surface area (Å²) in [6.07, 6.45) is 0. The van der Waals surface area contributed by atoms with Crippen molar-refractivity contribution in [1.29, 1.82) is 0 Å². The fraction of sp³-hybridized carbons (Fsp3) is 0.538. The maximum atomic E-state index is 12.2. The quantitative estimate of drug-likeness (QED) is 0.739. The van der Waals surface area contributed by atoms with Crippen LogP contribution in [0.2, 0.25) is 0 Å². The number of halogens is 1. The van der Waals surface area contributed by atoms with Crippen molar-refractivity contribution in [1.82, 2.24) is 0 Å². The fourth-order valence-electron chi connectivity index (χ4n) is 2.10. The summed E-state index contributed by atoms with van der Waals surface area (Å²) < 4.78 is 34.2. The minimum atomic E-state index is -3.18. The van der Waals surface area contributed by atoms with Crippen LogP contribution in [0.1, 0.15) is 12.5 Å². The van der Waals surface area contributed by atoms with Crippen LogP contribution in [0, 0.1) is 0 Å². The van der Waals surface area contributed by atoms with E-state index in [1.807, 2.05) is 24.3 Å². The number of hydrogen-bond acceptors (Lipinski definition) is 4. The largest absolute Gasteiger partial charge is 0.493 e. The summed E-state index contributed by atoms with van der Waals surface area (Å²) in [5, 5.41) is 0.761. The Balaban J connectivity index is 2.25. The third-order valence-corrected chi connectivity index (χ3v) is 6.12. The maximum absolute atomic E-state index is 12.2. The second-order valence-corrected chi connectivity index (χ2v) is 7.83. The van der Waals surface area contributed by atoms with Crippen LogP contribution in [0.5, 0.6) is 5.75 Å². The predicted octanol–water partition coefficient (Wildman–Crippen LogP) is 2.12. The van der Waals surface area contributed by atoms with Gasteiger partial charge in [-0.15, -0.1) is 0 Å². The van der Waals surface area contributed by atoms with E-state index in [1.54, 1.807) is 6.92 Å². The number of sulfone groups is 1. The van der Waals surface area contributed by atoms with E-state index >= 15 is 0 Å². The standard InChI is InChI=1S/C13H17BrO4S/c1-2-19(15,16)13(9-17-10-13)11-3-5-12(6-4-11)18-8-7-14/h3-6H,2,7-10H2,1H3. The number of hydrogen-bond donors (Lipinski definition) is 0. The van der Waals surface area contributed by atoms with Gasteiger partial charge in [-0.25, -0.2) is 8.42 Å². The highest BCUT2D eigenvalue weighted by Crippen LogP contribution is 2.38. The highest BCUT2D eigenvalue weighted by molar-refractivity contribution is 9.09. The van der Waals surface area contributed by atoms with Crippen LogP contribution >= 0.6 is 15.9 Å². The van der Waals surface area contributed by atoms with Crippen LogP contribution in [0.3, 0.4) is 0 Å². The van der Waals surface area contributed by atoms with E-state index in [0.717, 1.165) is 16.6 Å². The van der Waals surface area contributed by atoms with Crippen molar-refractivity contribution in [3.05, 3.63) is 29.8 Å².